The van der Waals surface area contributed by atoms with E-state index in [4.69, 9.17) is 14.6 Å². The molecule has 2 N–H and O–H groups in total. The Hall–Kier alpha value is -2.94. The van der Waals surface area contributed by atoms with Crippen LogP contribution in [0, 0.1) is 0 Å². The molecule has 0 bridgehead atoms. The molecule has 6 nitrogen and oxygen atoms in total. The Bertz CT molecular complexity index is 1090. The molecule has 0 fully saturated rings. The number of ether oxygens (including phenoxy) is 2. The van der Waals surface area contributed by atoms with Crippen LogP contribution in [0.5, 0.6) is 5.75 Å². The molecule has 0 aliphatic rings. The fraction of sp³-hybridized carbons (Fsp3) is 0.0952. The van der Waals surface area contributed by atoms with Gasteiger partial charge in [0.1, 0.15) is 19.0 Å². The van der Waals surface area contributed by atoms with Crippen molar-refractivity contribution in [2.24, 2.45) is 5.14 Å². The molecule has 0 spiro atoms. The Labute approximate surface area is 173 Å². The van der Waals surface area contributed by atoms with Crippen LogP contribution in [0.2, 0.25) is 0 Å². The van der Waals surface area contributed by atoms with Crippen LogP contribution in [0.4, 0.5) is 0 Å². The van der Waals surface area contributed by atoms with Gasteiger partial charge < -0.3 is 9.47 Å². The average Bonchev–Trinajstić information content (AvgIpc) is 3.19. The first-order valence-corrected chi connectivity index (χ1v) is 11.0. The van der Waals surface area contributed by atoms with E-state index in [1.54, 1.807) is 17.4 Å². The molecule has 0 saturated heterocycles. The summed E-state index contributed by atoms with van der Waals surface area (Å²) >= 11 is 1.59. The smallest absolute Gasteiger partial charge is 0.330 e. The molecule has 3 rings (SSSR count). The zero-order chi connectivity index (χ0) is 20.7. The number of primary sulfonamides is 1. The van der Waals surface area contributed by atoms with Gasteiger partial charge in [-0.1, -0.05) is 30.3 Å². The summed E-state index contributed by atoms with van der Waals surface area (Å²) in [4.78, 5) is 13.9. The molecule has 0 amide bonds. The zero-order valence-electron chi connectivity index (χ0n) is 15.4. The maximum absolute atomic E-state index is 11.8. The van der Waals surface area contributed by atoms with Crippen LogP contribution < -0.4 is 9.88 Å². The van der Waals surface area contributed by atoms with Crippen molar-refractivity contribution in [1.82, 2.24) is 0 Å². The molecule has 0 radical (unpaired) electrons. The predicted octanol–water partition coefficient (Wildman–Crippen LogP) is 3.70. The van der Waals surface area contributed by atoms with E-state index in [1.807, 2.05) is 42.5 Å². The number of sulfonamides is 1. The van der Waals surface area contributed by atoms with E-state index in [2.05, 4.69) is 0 Å². The Morgan fingerprint density at radius 3 is 2.38 bits per heavy atom. The van der Waals surface area contributed by atoms with Gasteiger partial charge in [0.2, 0.25) is 10.0 Å². The standard InChI is InChI=1S/C21H19NO5S2/c22-29(24,25)19-10-6-17(7-11-19)26-14-15-27-21(23)13-9-18-8-12-20(28-18)16-4-2-1-3-5-16/h1-13H,14-15H2,(H2,22,24,25)/b13-9+. The average molecular weight is 430 g/mol. The van der Waals surface area contributed by atoms with Crippen LogP contribution >= 0.6 is 11.3 Å². The first kappa shape index (κ1) is 20.8. The van der Waals surface area contributed by atoms with Crippen LogP contribution in [0.15, 0.2) is 77.7 Å². The topological polar surface area (TPSA) is 95.7 Å². The minimum atomic E-state index is -3.73. The highest BCUT2D eigenvalue weighted by atomic mass is 32.2. The summed E-state index contributed by atoms with van der Waals surface area (Å²) in [5.41, 5.74) is 1.13. The molecule has 150 valence electrons. The number of thiophene rings is 1. The third-order valence-corrected chi connectivity index (χ3v) is 5.85. The summed E-state index contributed by atoms with van der Waals surface area (Å²) in [7, 11) is -3.73. The monoisotopic (exact) mass is 429 g/mol. The third-order valence-electron chi connectivity index (χ3n) is 3.82. The number of hydrogen-bond donors (Lipinski definition) is 1. The van der Waals surface area contributed by atoms with Crippen molar-refractivity contribution in [3.8, 4) is 16.2 Å². The summed E-state index contributed by atoms with van der Waals surface area (Å²) in [5, 5.41) is 5.03. The number of benzene rings is 2. The zero-order valence-corrected chi connectivity index (χ0v) is 17.0. The molecule has 0 saturated carbocycles. The number of carbonyl (C=O) groups excluding carboxylic acids is 1. The first-order valence-electron chi connectivity index (χ1n) is 8.67. The molecule has 1 heterocycles. The molecule has 8 heteroatoms. The lowest BCUT2D eigenvalue weighted by Crippen LogP contribution is -2.12. The number of hydrogen-bond acceptors (Lipinski definition) is 6. The van der Waals surface area contributed by atoms with Gasteiger partial charge in [0.05, 0.1) is 4.90 Å². The highest BCUT2D eigenvalue weighted by Crippen LogP contribution is 2.28. The second kappa shape index (κ2) is 9.51. The van der Waals surface area contributed by atoms with Crippen molar-refractivity contribution < 1.29 is 22.7 Å². The largest absolute Gasteiger partial charge is 0.490 e. The van der Waals surface area contributed by atoms with Gasteiger partial charge in [-0.05, 0) is 48.0 Å². The van der Waals surface area contributed by atoms with Gasteiger partial charge in [0.25, 0.3) is 0 Å². The van der Waals surface area contributed by atoms with Crippen molar-refractivity contribution in [3.63, 3.8) is 0 Å². The van der Waals surface area contributed by atoms with Gasteiger partial charge >= 0.3 is 5.97 Å². The normalized spacial score (nSPS) is 11.5. The van der Waals surface area contributed by atoms with E-state index >= 15 is 0 Å². The Kier molecular flexibility index (Phi) is 6.82. The van der Waals surface area contributed by atoms with Gasteiger partial charge in [-0.3, -0.25) is 0 Å². The summed E-state index contributed by atoms with van der Waals surface area (Å²) in [6, 6.07) is 19.7. The fourth-order valence-electron chi connectivity index (χ4n) is 2.43. The Morgan fingerprint density at radius 2 is 1.69 bits per heavy atom. The lowest BCUT2D eigenvalue weighted by atomic mass is 10.2. The summed E-state index contributed by atoms with van der Waals surface area (Å²) in [5.74, 6) is -0.0103. The summed E-state index contributed by atoms with van der Waals surface area (Å²) in [6.45, 7) is 0.214. The van der Waals surface area contributed by atoms with Crippen LogP contribution in [0.1, 0.15) is 4.88 Å². The van der Waals surface area contributed by atoms with E-state index < -0.39 is 16.0 Å². The van der Waals surface area contributed by atoms with E-state index in [-0.39, 0.29) is 18.1 Å². The second-order valence-electron chi connectivity index (χ2n) is 5.93. The summed E-state index contributed by atoms with van der Waals surface area (Å²) < 4.78 is 32.9. The minimum absolute atomic E-state index is 0.00501. The molecule has 2 aromatic carbocycles. The van der Waals surface area contributed by atoms with E-state index in [0.717, 1.165) is 15.3 Å². The SMILES string of the molecule is NS(=O)(=O)c1ccc(OCCOC(=O)/C=C/c2ccc(-c3ccccc3)s2)cc1. The third kappa shape index (κ3) is 6.28. The molecule has 0 unspecified atom stereocenters. The van der Waals surface area contributed by atoms with Crippen molar-refractivity contribution in [1.29, 1.82) is 0 Å². The lowest BCUT2D eigenvalue weighted by molar-refractivity contribution is -0.138. The minimum Gasteiger partial charge on any atom is -0.490 e. The van der Waals surface area contributed by atoms with Crippen molar-refractivity contribution in [2.45, 2.75) is 4.90 Å². The van der Waals surface area contributed by atoms with Gasteiger partial charge in [-0.15, -0.1) is 11.3 Å². The quantitative estimate of drug-likeness (QED) is 0.335. The van der Waals surface area contributed by atoms with Crippen molar-refractivity contribution >= 4 is 33.4 Å². The highest BCUT2D eigenvalue weighted by molar-refractivity contribution is 7.89. The molecule has 1 aromatic heterocycles. The highest BCUT2D eigenvalue weighted by Gasteiger charge is 2.07. The Morgan fingerprint density at radius 1 is 0.966 bits per heavy atom. The number of rotatable bonds is 8. The van der Waals surface area contributed by atoms with E-state index in [1.165, 1.54) is 30.3 Å². The molecule has 0 aliphatic heterocycles. The molecule has 0 aliphatic carbocycles. The molecule has 29 heavy (non-hydrogen) atoms. The molecule has 0 atom stereocenters. The van der Waals surface area contributed by atoms with Gasteiger partial charge in [-0.2, -0.15) is 0 Å². The lowest BCUT2D eigenvalue weighted by Gasteiger charge is -2.06. The number of esters is 1. The molecular formula is C21H19NO5S2. The summed E-state index contributed by atoms with van der Waals surface area (Å²) in [6.07, 6.45) is 3.09. The predicted molar refractivity (Wildman–Crippen MR) is 113 cm³/mol. The van der Waals surface area contributed by atoms with Gasteiger partial charge in [0.15, 0.2) is 0 Å². The van der Waals surface area contributed by atoms with Crippen LogP contribution in [-0.4, -0.2) is 27.6 Å². The number of carbonyl (C=O) groups is 1. The maximum atomic E-state index is 11.8. The van der Waals surface area contributed by atoms with Crippen LogP contribution in [-0.2, 0) is 19.6 Å². The van der Waals surface area contributed by atoms with E-state index in [9.17, 15) is 13.2 Å². The van der Waals surface area contributed by atoms with Gasteiger partial charge in [0, 0.05) is 15.8 Å². The van der Waals surface area contributed by atoms with Crippen LogP contribution in [0.3, 0.4) is 0 Å². The van der Waals surface area contributed by atoms with Gasteiger partial charge in [-0.25, -0.2) is 18.4 Å². The van der Waals surface area contributed by atoms with Crippen molar-refractivity contribution in [2.75, 3.05) is 13.2 Å². The number of nitrogens with two attached hydrogens (primary N) is 1. The second-order valence-corrected chi connectivity index (χ2v) is 8.61. The van der Waals surface area contributed by atoms with Crippen molar-refractivity contribution in [3.05, 3.63) is 77.7 Å². The first-order chi connectivity index (χ1) is 13.9. The fourth-order valence-corrected chi connectivity index (χ4v) is 3.86. The molecule has 3 aromatic rings. The molecular weight excluding hydrogens is 410 g/mol. The Balaban J connectivity index is 1.43. The maximum Gasteiger partial charge on any atom is 0.330 e. The van der Waals surface area contributed by atoms with E-state index in [0.29, 0.717) is 5.75 Å². The van der Waals surface area contributed by atoms with Crippen LogP contribution in [0.25, 0.3) is 16.5 Å².